The van der Waals surface area contributed by atoms with E-state index in [9.17, 15) is 14.4 Å². The second-order valence-electron chi connectivity index (χ2n) is 6.76. The number of Topliss-reactive ketones (excluding diaryl/α,β-unsaturated/α-hetero) is 1. The van der Waals surface area contributed by atoms with Gasteiger partial charge in [-0.1, -0.05) is 54.6 Å². The quantitative estimate of drug-likeness (QED) is 0.454. The molecule has 1 unspecified atom stereocenters. The van der Waals surface area contributed by atoms with E-state index in [0.29, 0.717) is 5.69 Å². The Morgan fingerprint density at radius 2 is 1.65 bits per heavy atom. The molecule has 0 aliphatic rings. The number of aryl methyl sites for hydroxylation is 1. The number of imidazole rings is 1. The number of primary amides is 1. The molecule has 1 aromatic heterocycles. The van der Waals surface area contributed by atoms with E-state index in [1.165, 1.54) is 0 Å². The van der Waals surface area contributed by atoms with Crippen molar-refractivity contribution in [2.45, 2.75) is 26.3 Å². The maximum absolute atomic E-state index is 12.9. The summed E-state index contributed by atoms with van der Waals surface area (Å²) in [5.41, 5.74) is 7.37. The Morgan fingerprint density at radius 3 is 2.19 bits per heavy atom. The molecule has 2 amide bonds. The number of amides is 2. The molecule has 7 heteroatoms. The van der Waals surface area contributed by atoms with E-state index in [2.05, 4.69) is 16.9 Å². The van der Waals surface area contributed by atoms with Crippen molar-refractivity contribution >= 4 is 17.6 Å². The summed E-state index contributed by atoms with van der Waals surface area (Å²) in [7, 11) is 0. The fourth-order valence-corrected chi connectivity index (χ4v) is 2.90. The van der Waals surface area contributed by atoms with Crippen LogP contribution in [0.2, 0.25) is 0 Å². The van der Waals surface area contributed by atoms with Crippen LogP contribution >= 0.6 is 0 Å². The molecule has 0 spiro atoms. The zero-order chi connectivity index (χ0) is 22.8. The molecular formula is C24H26N4O3. The number of hydrogen-bond acceptors (Lipinski definition) is 4. The van der Waals surface area contributed by atoms with E-state index < -0.39 is 23.6 Å². The summed E-state index contributed by atoms with van der Waals surface area (Å²) in [6, 6.07) is 17.3. The summed E-state index contributed by atoms with van der Waals surface area (Å²) >= 11 is 0. The highest BCUT2D eigenvalue weighted by Crippen LogP contribution is 2.13. The Bertz CT molecular complexity index is 1040. The Kier molecular flexibility index (Phi) is 8.45. The molecule has 0 fully saturated rings. The van der Waals surface area contributed by atoms with Gasteiger partial charge in [-0.2, -0.15) is 0 Å². The second kappa shape index (κ2) is 11.3. The van der Waals surface area contributed by atoms with Crippen molar-refractivity contribution in [2.75, 3.05) is 0 Å². The first-order chi connectivity index (χ1) is 14.9. The molecule has 0 bridgehead atoms. The summed E-state index contributed by atoms with van der Waals surface area (Å²) in [5.74, 6) is -2.39. The molecule has 2 aromatic carbocycles. The van der Waals surface area contributed by atoms with E-state index in [1.807, 2.05) is 67.6 Å². The largest absolute Gasteiger partial charge is 0.363 e. The molecule has 1 atom stereocenters. The standard InChI is InChI=1S/C21H20N4O3.C3H6/c1-14-13-25(16-10-6-3-7-11-16)20(23-14)21(28)24-17(18(26)19(22)27)12-15-8-4-2-5-9-15;1-3-2/h2-11,13,17H,12H2,1H3,(H2,22,27)(H,24,28);3H,1H2,2H3. The predicted molar refractivity (Wildman–Crippen MR) is 120 cm³/mol. The van der Waals surface area contributed by atoms with Gasteiger partial charge in [0.05, 0.1) is 5.69 Å². The lowest BCUT2D eigenvalue weighted by molar-refractivity contribution is -0.137. The molecule has 0 saturated carbocycles. The van der Waals surface area contributed by atoms with Crippen LogP contribution in [0, 0.1) is 6.92 Å². The minimum atomic E-state index is -1.09. The van der Waals surface area contributed by atoms with Gasteiger partial charge in [0.25, 0.3) is 11.8 Å². The lowest BCUT2D eigenvalue weighted by Crippen LogP contribution is -2.47. The van der Waals surface area contributed by atoms with Gasteiger partial charge in [-0.15, -0.1) is 6.58 Å². The molecule has 0 radical (unpaired) electrons. The first-order valence-electron chi connectivity index (χ1n) is 9.74. The molecule has 1 heterocycles. The molecule has 160 valence electrons. The summed E-state index contributed by atoms with van der Waals surface area (Å²) in [6.45, 7) is 7.02. The van der Waals surface area contributed by atoms with E-state index in [4.69, 9.17) is 5.73 Å². The number of para-hydroxylation sites is 1. The molecule has 3 aromatic rings. The summed E-state index contributed by atoms with van der Waals surface area (Å²) < 4.78 is 1.64. The highest BCUT2D eigenvalue weighted by Gasteiger charge is 2.27. The fourth-order valence-electron chi connectivity index (χ4n) is 2.90. The normalized spacial score (nSPS) is 10.9. The highest BCUT2D eigenvalue weighted by molar-refractivity contribution is 6.38. The van der Waals surface area contributed by atoms with Gasteiger partial charge < -0.3 is 11.1 Å². The molecule has 0 saturated heterocycles. The van der Waals surface area contributed by atoms with Crippen molar-refractivity contribution < 1.29 is 14.4 Å². The smallest absolute Gasteiger partial charge is 0.288 e. The Morgan fingerprint density at radius 1 is 1.10 bits per heavy atom. The van der Waals surface area contributed by atoms with Gasteiger partial charge in [0.1, 0.15) is 6.04 Å². The second-order valence-corrected chi connectivity index (χ2v) is 6.76. The average Bonchev–Trinajstić information content (AvgIpc) is 3.16. The maximum atomic E-state index is 12.9. The first-order valence-corrected chi connectivity index (χ1v) is 9.74. The Hall–Kier alpha value is -4.00. The number of carbonyl (C=O) groups excluding carboxylic acids is 3. The molecule has 7 nitrogen and oxygen atoms in total. The number of aromatic nitrogens is 2. The number of carbonyl (C=O) groups is 3. The predicted octanol–water partition coefficient (Wildman–Crippen LogP) is 2.77. The monoisotopic (exact) mass is 418 g/mol. The van der Waals surface area contributed by atoms with Crippen LogP contribution in [0.3, 0.4) is 0 Å². The van der Waals surface area contributed by atoms with Gasteiger partial charge in [0.15, 0.2) is 0 Å². The van der Waals surface area contributed by atoms with Gasteiger partial charge in [-0.05, 0) is 31.5 Å². The van der Waals surface area contributed by atoms with Crippen LogP contribution in [-0.2, 0) is 16.0 Å². The summed E-state index contributed by atoms with van der Waals surface area (Å²) in [5, 5.41) is 2.61. The summed E-state index contributed by atoms with van der Waals surface area (Å²) in [6.07, 6.45) is 3.63. The number of ketones is 1. The van der Waals surface area contributed by atoms with Gasteiger partial charge in [-0.25, -0.2) is 4.98 Å². The Labute approximate surface area is 181 Å². The van der Waals surface area contributed by atoms with Crippen molar-refractivity contribution in [2.24, 2.45) is 5.73 Å². The van der Waals surface area contributed by atoms with Crippen molar-refractivity contribution in [3.63, 3.8) is 0 Å². The van der Waals surface area contributed by atoms with Gasteiger partial charge >= 0.3 is 0 Å². The highest BCUT2D eigenvalue weighted by atomic mass is 16.2. The number of nitrogens with two attached hydrogens (primary N) is 1. The van der Waals surface area contributed by atoms with Gasteiger partial charge in [0, 0.05) is 18.3 Å². The van der Waals surface area contributed by atoms with Crippen LogP contribution in [0.5, 0.6) is 0 Å². The Balaban J connectivity index is 0.00000107. The maximum Gasteiger partial charge on any atom is 0.288 e. The molecule has 3 N–H and O–H groups in total. The average molecular weight is 418 g/mol. The molecular weight excluding hydrogens is 392 g/mol. The number of rotatable bonds is 7. The van der Waals surface area contributed by atoms with E-state index in [-0.39, 0.29) is 12.2 Å². The van der Waals surface area contributed by atoms with Crippen molar-refractivity contribution in [1.82, 2.24) is 14.9 Å². The molecule has 0 aliphatic carbocycles. The lowest BCUT2D eigenvalue weighted by atomic mass is 10.0. The third-order valence-electron chi connectivity index (χ3n) is 4.21. The number of hydrogen-bond donors (Lipinski definition) is 2. The van der Waals surface area contributed by atoms with Crippen LogP contribution in [0.25, 0.3) is 5.69 Å². The van der Waals surface area contributed by atoms with Crippen LogP contribution in [0.1, 0.15) is 28.8 Å². The molecule has 31 heavy (non-hydrogen) atoms. The zero-order valence-corrected chi connectivity index (χ0v) is 17.6. The SMILES string of the molecule is C=CC.Cc1cn(-c2ccccc2)c(C(=O)NC(Cc2ccccc2)C(=O)C(N)=O)n1. The third-order valence-corrected chi connectivity index (χ3v) is 4.21. The fraction of sp³-hybridized carbons (Fsp3) is 0.167. The van der Waals surface area contributed by atoms with E-state index in [1.54, 1.807) is 23.8 Å². The van der Waals surface area contributed by atoms with Gasteiger partial charge in [-0.3, -0.25) is 19.0 Å². The minimum Gasteiger partial charge on any atom is -0.363 e. The van der Waals surface area contributed by atoms with E-state index >= 15 is 0 Å². The van der Waals surface area contributed by atoms with Crippen molar-refractivity contribution in [1.29, 1.82) is 0 Å². The number of nitrogens with zero attached hydrogens (tertiary/aromatic N) is 2. The third kappa shape index (κ3) is 6.50. The van der Waals surface area contributed by atoms with Crippen molar-refractivity contribution in [3.8, 4) is 5.69 Å². The first kappa shape index (κ1) is 23.3. The van der Waals surface area contributed by atoms with Crippen LogP contribution in [0.4, 0.5) is 0 Å². The lowest BCUT2D eigenvalue weighted by Gasteiger charge is -2.16. The van der Waals surface area contributed by atoms with Crippen molar-refractivity contribution in [3.05, 3.63) is 96.6 Å². The summed E-state index contributed by atoms with van der Waals surface area (Å²) in [4.78, 5) is 40.9. The van der Waals surface area contributed by atoms with Gasteiger partial charge in [0.2, 0.25) is 11.6 Å². The minimum absolute atomic E-state index is 0.124. The van der Waals surface area contributed by atoms with E-state index in [0.717, 1.165) is 11.3 Å². The van der Waals surface area contributed by atoms with Crippen LogP contribution in [-0.4, -0.2) is 33.2 Å². The number of allylic oxidation sites excluding steroid dienone is 1. The van der Waals surface area contributed by atoms with Crippen LogP contribution in [0.15, 0.2) is 79.5 Å². The van der Waals surface area contributed by atoms with Crippen LogP contribution < -0.4 is 11.1 Å². The number of nitrogens with one attached hydrogen (secondary N) is 1. The zero-order valence-electron chi connectivity index (χ0n) is 17.6. The topological polar surface area (TPSA) is 107 Å². The number of benzene rings is 2. The molecule has 0 aliphatic heterocycles. The molecule has 3 rings (SSSR count).